The van der Waals surface area contributed by atoms with Crippen molar-refractivity contribution in [1.29, 1.82) is 0 Å². The zero-order chi connectivity index (χ0) is 20.1. The maximum Gasteiger partial charge on any atom is 0.272 e. The molecule has 0 bridgehead atoms. The number of carbonyl (C=O) groups is 2. The van der Waals surface area contributed by atoms with Crippen molar-refractivity contribution in [2.75, 3.05) is 11.9 Å². The minimum Gasteiger partial charge on any atom is -0.488 e. The van der Waals surface area contributed by atoms with Gasteiger partial charge in [0.15, 0.2) is 0 Å². The molecule has 2 N–H and O–H groups in total. The van der Waals surface area contributed by atoms with Crippen LogP contribution in [0.25, 0.3) is 0 Å². The van der Waals surface area contributed by atoms with E-state index >= 15 is 0 Å². The Morgan fingerprint density at radius 1 is 1.29 bits per heavy atom. The van der Waals surface area contributed by atoms with Crippen LogP contribution in [-0.4, -0.2) is 34.8 Å². The predicted molar refractivity (Wildman–Crippen MR) is 97.5 cm³/mol. The van der Waals surface area contributed by atoms with Gasteiger partial charge in [-0.15, -0.1) is 0 Å². The molecular weight excluding hydrogens is 394 g/mol. The fraction of sp³-hybridized carbons (Fsp3) is 0.333. The molecule has 2 aromatic rings. The maximum absolute atomic E-state index is 12.3. The number of nitrogens with zero attached hydrogens (tertiary/aromatic N) is 2. The highest BCUT2D eigenvalue weighted by Gasteiger charge is 2.30. The predicted octanol–water partition coefficient (Wildman–Crippen LogP) is 3.05. The number of alkyl halides is 2. The first kappa shape index (κ1) is 19.9. The van der Waals surface area contributed by atoms with Crippen LogP contribution in [0.3, 0.4) is 0 Å². The highest BCUT2D eigenvalue weighted by molar-refractivity contribution is 6.31. The number of ether oxygens (including phenoxy) is 1. The van der Waals surface area contributed by atoms with Gasteiger partial charge in [-0.25, -0.2) is 18.7 Å². The van der Waals surface area contributed by atoms with Crippen molar-refractivity contribution in [1.82, 2.24) is 15.3 Å². The summed E-state index contributed by atoms with van der Waals surface area (Å²) in [6.45, 7) is -0.625. The Morgan fingerprint density at radius 3 is 2.75 bits per heavy atom. The van der Waals surface area contributed by atoms with Crippen LogP contribution in [0.2, 0.25) is 5.02 Å². The Morgan fingerprint density at radius 2 is 2.07 bits per heavy atom. The average molecular weight is 411 g/mol. The molecule has 0 aliphatic heterocycles. The molecule has 0 radical (unpaired) electrons. The van der Waals surface area contributed by atoms with E-state index < -0.39 is 18.9 Å². The Labute approximate surface area is 164 Å². The Balaban J connectivity index is 1.57. The largest absolute Gasteiger partial charge is 0.488 e. The van der Waals surface area contributed by atoms with Crippen LogP contribution in [0.5, 0.6) is 5.75 Å². The summed E-state index contributed by atoms with van der Waals surface area (Å²) in [6, 6.07) is 5.89. The number of aromatic nitrogens is 2. The number of rotatable bonds is 8. The molecule has 0 atom stereocenters. The molecule has 10 heteroatoms. The quantitative estimate of drug-likeness (QED) is 0.697. The van der Waals surface area contributed by atoms with Gasteiger partial charge in [-0.05, 0) is 36.6 Å². The van der Waals surface area contributed by atoms with Crippen molar-refractivity contribution in [2.24, 2.45) is 5.92 Å². The van der Waals surface area contributed by atoms with Gasteiger partial charge in [0, 0.05) is 23.7 Å². The van der Waals surface area contributed by atoms with Gasteiger partial charge in [-0.1, -0.05) is 17.7 Å². The van der Waals surface area contributed by atoms with Crippen molar-refractivity contribution in [3.05, 3.63) is 46.7 Å². The molecule has 0 spiro atoms. The molecule has 1 aromatic carbocycles. The second-order valence-electron chi connectivity index (χ2n) is 6.17. The molecule has 2 amide bonds. The van der Waals surface area contributed by atoms with Crippen molar-refractivity contribution in [2.45, 2.75) is 25.8 Å². The highest BCUT2D eigenvalue weighted by Crippen LogP contribution is 2.29. The van der Waals surface area contributed by atoms with E-state index in [0.29, 0.717) is 5.56 Å². The number of halogens is 3. The molecule has 7 nitrogen and oxygen atoms in total. The normalized spacial score (nSPS) is 13.3. The molecule has 3 rings (SSSR count). The summed E-state index contributed by atoms with van der Waals surface area (Å²) in [7, 11) is 0. The number of benzene rings is 1. The van der Waals surface area contributed by atoms with Gasteiger partial charge in [-0.2, -0.15) is 0 Å². The monoisotopic (exact) mass is 410 g/mol. The Kier molecular flexibility index (Phi) is 6.35. The maximum atomic E-state index is 12.3. The van der Waals surface area contributed by atoms with E-state index in [1.165, 1.54) is 24.4 Å². The number of anilines is 1. The zero-order valence-corrected chi connectivity index (χ0v) is 15.4. The van der Waals surface area contributed by atoms with Crippen LogP contribution < -0.4 is 15.4 Å². The van der Waals surface area contributed by atoms with Crippen LogP contribution in [0.1, 0.15) is 28.9 Å². The lowest BCUT2D eigenvalue weighted by Crippen LogP contribution is -2.25. The summed E-state index contributed by atoms with van der Waals surface area (Å²) in [4.78, 5) is 32.0. The van der Waals surface area contributed by atoms with Crippen molar-refractivity contribution >= 4 is 29.4 Å². The lowest BCUT2D eigenvalue weighted by atomic mass is 10.2. The lowest BCUT2D eigenvalue weighted by Gasteiger charge is -2.10. The molecule has 1 saturated carbocycles. The second-order valence-corrected chi connectivity index (χ2v) is 6.57. The van der Waals surface area contributed by atoms with Gasteiger partial charge in [-0.3, -0.25) is 14.9 Å². The fourth-order valence-electron chi connectivity index (χ4n) is 2.29. The third-order valence-electron chi connectivity index (χ3n) is 3.91. The summed E-state index contributed by atoms with van der Waals surface area (Å²) in [6.07, 6.45) is 0.494. The molecule has 28 heavy (non-hydrogen) atoms. The Hall–Kier alpha value is -2.81. The Bertz CT molecular complexity index is 878. The molecule has 0 saturated heterocycles. The summed E-state index contributed by atoms with van der Waals surface area (Å²) >= 11 is 6.10. The molecule has 1 aromatic heterocycles. The smallest absolute Gasteiger partial charge is 0.272 e. The SMILES string of the molecule is O=C(NCc1ccc(OCC(F)F)cc1Cl)c1ccnc(NC(=O)C2CC2)n1. The van der Waals surface area contributed by atoms with Gasteiger partial charge in [0.2, 0.25) is 11.9 Å². The first-order valence-corrected chi connectivity index (χ1v) is 8.91. The van der Waals surface area contributed by atoms with Crippen molar-refractivity contribution < 1.29 is 23.1 Å². The third-order valence-corrected chi connectivity index (χ3v) is 4.26. The number of hydrogen-bond acceptors (Lipinski definition) is 5. The van der Waals surface area contributed by atoms with Crippen molar-refractivity contribution in [3.8, 4) is 5.75 Å². The first-order chi connectivity index (χ1) is 13.4. The van der Waals surface area contributed by atoms with E-state index in [1.54, 1.807) is 6.07 Å². The van der Waals surface area contributed by atoms with Crippen LogP contribution in [0.15, 0.2) is 30.5 Å². The molecular formula is C18H17ClF2N4O3. The van der Waals surface area contributed by atoms with E-state index in [9.17, 15) is 18.4 Å². The standard InChI is InChI=1S/C18H17ClF2N4O3/c19-13-7-12(28-9-15(20)21)4-3-11(13)8-23-17(27)14-5-6-22-18(24-14)25-16(26)10-1-2-10/h3-7,10,15H,1-2,8-9H2,(H,23,27)(H,22,24,25,26). The number of hydrogen-bond donors (Lipinski definition) is 2. The second kappa shape index (κ2) is 8.92. The van der Waals surface area contributed by atoms with E-state index in [1.807, 2.05) is 0 Å². The molecule has 1 heterocycles. The number of carbonyl (C=O) groups excluding carboxylic acids is 2. The van der Waals surface area contributed by atoms with E-state index in [2.05, 4.69) is 20.6 Å². The van der Waals surface area contributed by atoms with Crippen LogP contribution in [0.4, 0.5) is 14.7 Å². The van der Waals surface area contributed by atoms with Crippen LogP contribution in [0, 0.1) is 5.92 Å². The average Bonchev–Trinajstić information content (AvgIpc) is 3.51. The molecule has 1 aliphatic rings. The summed E-state index contributed by atoms with van der Waals surface area (Å²) in [5.41, 5.74) is 0.671. The molecule has 1 fully saturated rings. The van der Waals surface area contributed by atoms with Crippen LogP contribution in [-0.2, 0) is 11.3 Å². The summed E-state index contributed by atoms with van der Waals surface area (Å²) in [5, 5.41) is 5.50. The van der Waals surface area contributed by atoms with Gasteiger partial charge in [0.05, 0.1) is 0 Å². The van der Waals surface area contributed by atoms with Gasteiger partial charge in [0.1, 0.15) is 18.1 Å². The van der Waals surface area contributed by atoms with Gasteiger partial charge >= 0.3 is 0 Å². The van der Waals surface area contributed by atoms with E-state index in [0.717, 1.165) is 12.8 Å². The minimum atomic E-state index is -2.58. The molecule has 148 valence electrons. The summed E-state index contributed by atoms with van der Waals surface area (Å²) in [5.74, 6) is -0.344. The lowest BCUT2D eigenvalue weighted by molar-refractivity contribution is -0.117. The minimum absolute atomic E-state index is 0.00382. The van der Waals surface area contributed by atoms with Gasteiger partial charge < -0.3 is 10.1 Å². The van der Waals surface area contributed by atoms with E-state index in [-0.39, 0.29) is 40.8 Å². The number of amides is 2. The first-order valence-electron chi connectivity index (χ1n) is 8.54. The topological polar surface area (TPSA) is 93.2 Å². The third kappa shape index (κ3) is 5.59. The van der Waals surface area contributed by atoms with Gasteiger partial charge in [0.25, 0.3) is 12.3 Å². The summed E-state index contributed by atoms with van der Waals surface area (Å²) < 4.78 is 29.2. The number of nitrogens with one attached hydrogen (secondary N) is 2. The fourth-order valence-corrected chi connectivity index (χ4v) is 2.53. The van der Waals surface area contributed by atoms with E-state index in [4.69, 9.17) is 16.3 Å². The van der Waals surface area contributed by atoms with Crippen molar-refractivity contribution in [3.63, 3.8) is 0 Å². The zero-order valence-electron chi connectivity index (χ0n) is 14.6. The molecule has 0 unspecified atom stereocenters. The van der Waals surface area contributed by atoms with Crippen LogP contribution >= 0.6 is 11.6 Å². The highest BCUT2D eigenvalue weighted by atomic mass is 35.5. The molecule has 1 aliphatic carbocycles.